The number of rotatable bonds is 2. The highest BCUT2D eigenvalue weighted by atomic mass is 79.9. The highest BCUT2D eigenvalue weighted by Gasteiger charge is 1.92. The van der Waals surface area contributed by atoms with Crippen LogP contribution in [0.15, 0.2) is 0 Å². The summed E-state index contributed by atoms with van der Waals surface area (Å²) in [4.78, 5) is 10.1. The monoisotopic (exact) mass is 168 g/mol. The summed E-state index contributed by atoms with van der Waals surface area (Å²) in [6, 6.07) is 0. The Labute approximate surface area is 51.0 Å². The van der Waals surface area contributed by atoms with Gasteiger partial charge < -0.3 is 4.74 Å². The summed E-state index contributed by atoms with van der Waals surface area (Å²) in [7, 11) is 0. The van der Waals surface area contributed by atoms with Gasteiger partial charge in [-0.05, 0) is 6.92 Å². The average molecular weight is 169 g/mol. The van der Waals surface area contributed by atoms with E-state index >= 15 is 0 Å². The van der Waals surface area contributed by atoms with Crippen LogP contribution >= 0.6 is 15.9 Å². The number of alkyl halides is 1. The molecule has 0 radical (unpaired) electrons. The van der Waals surface area contributed by atoms with Gasteiger partial charge in [0.2, 0.25) is 0 Å². The first-order chi connectivity index (χ1) is 3.31. The third-order valence-electron chi connectivity index (χ3n) is 0.414. The first-order valence-corrected chi connectivity index (χ1v) is 3.15. The first kappa shape index (κ1) is 6.95. The molecule has 0 heterocycles. The second kappa shape index (κ2) is 4.12. The fraction of sp³-hybridized carbons (Fsp3) is 0.750. The molecule has 0 fully saturated rings. The van der Waals surface area contributed by atoms with Gasteiger partial charge in [0.15, 0.2) is 0 Å². The van der Waals surface area contributed by atoms with E-state index < -0.39 is 0 Å². The maximum absolute atomic E-state index is 10.1. The quantitative estimate of drug-likeness (QED) is 0.454. The van der Waals surface area contributed by atoms with Crippen LogP contribution in [0.1, 0.15) is 6.92 Å². The summed E-state index contributed by atoms with van der Waals surface area (Å²) < 4.78 is 4.51. The van der Waals surface area contributed by atoms with Crippen LogP contribution in [-0.4, -0.2) is 17.9 Å². The van der Waals surface area contributed by atoms with Gasteiger partial charge in [-0.15, -0.1) is 0 Å². The van der Waals surface area contributed by atoms with Crippen molar-refractivity contribution in [2.45, 2.75) is 6.92 Å². The van der Waals surface area contributed by atoms with Gasteiger partial charge >= 0.3 is 5.97 Å². The maximum Gasteiger partial charge on any atom is 0.316 e. The van der Waals surface area contributed by atoms with Gasteiger partial charge in [0.05, 0.1) is 6.61 Å². The van der Waals surface area contributed by atoms with Crippen molar-refractivity contribution in [3.05, 3.63) is 0 Å². The molecular weight excluding hydrogens is 162 g/mol. The van der Waals surface area contributed by atoms with Gasteiger partial charge in [-0.3, -0.25) is 4.79 Å². The molecular formula is C4H7BrO2. The van der Waals surface area contributed by atoms with Crippen molar-refractivity contribution in [2.75, 3.05) is 11.9 Å². The van der Waals surface area contributed by atoms with Crippen molar-refractivity contribution in [1.82, 2.24) is 0 Å². The molecule has 0 bridgehead atoms. The summed E-state index contributed by atoms with van der Waals surface area (Å²) in [5.74, 6) is -0.206. The molecule has 0 saturated carbocycles. The number of ether oxygens (including phenoxy) is 1. The van der Waals surface area contributed by atoms with E-state index in [-0.39, 0.29) is 5.97 Å². The van der Waals surface area contributed by atoms with Gasteiger partial charge in [-0.2, -0.15) is 0 Å². The molecule has 42 valence electrons. The fourth-order valence-electron chi connectivity index (χ4n) is 0.200. The zero-order chi connectivity index (χ0) is 5.70. The van der Waals surface area contributed by atoms with Gasteiger partial charge in [-0.25, -0.2) is 0 Å². The van der Waals surface area contributed by atoms with E-state index in [2.05, 4.69) is 20.7 Å². The van der Waals surface area contributed by atoms with Crippen LogP contribution in [0.3, 0.4) is 0 Å². The largest absolute Gasteiger partial charge is 0.465 e. The Morgan fingerprint density at radius 2 is 2.57 bits per heavy atom. The van der Waals surface area contributed by atoms with Crippen LogP contribution in [0.2, 0.25) is 0 Å². The van der Waals surface area contributed by atoms with Crippen molar-refractivity contribution >= 4 is 21.9 Å². The van der Waals surface area contributed by atoms with Crippen molar-refractivity contribution in [3.63, 3.8) is 0 Å². The van der Waals surface area contributed by atoms with Gasteiger partial charge in [0.1, 0.15) is 5.33 Å². The predicted molar refractivity (Wildman–Crippen MR) is 30.4 cm³/mol. The number of hydrogen-bond donors (Lipinski definition) is 0. The molecule has 2 nitrogen and oxygen atoms in total. The molecule has 7 heavy (non-hydrogen) atoms. The van der Waals surface area contributed by atoms with E-state index in [1.807, 2.05) is 0 Å². The van der Waals surface area contributed by atoms with Gasteiger partial charge in [0.25, 0.3) is 0 Å². The Morgan fingerprint density at radius 3 is 2.71 bits per heavy atom. The van der Waals surface area contributed by atoms with Crippen LogP contribution in [0, 0.1) is 0 Å². The van der Waals surface area contributed by atoms with Crippen LogP contribution in [0.5, 0.6) is 0 Å². The molecule has 0 aliphatic carbocycles. The minimum atomic E-state index is -0.206. The van der Waals surface area contributed by atoms with Gasteiger partial charge in [0, 0.05) is 0 Å². The number of esters is 1. The smallest absolute Gasteiger partial charge is 0.316 e. The summed E-state index contributed by atoms with van der Waals surface area (Å²) in [6.07, 6.45) is 0. The molecule has 0 spiro atoms. The zero-order valence-corrected chi connectivity index (χ0v) is 5.69. The first-order valence-electron chi connectivity index (χ1n) is 2.02. The molecule has 0 aliphatic rings. The molecule has 0 aromatic rings. The number of halogens is 1. The fourth-order valence-corrected chi connectivity index (χ4v) is 0.361. The Morgan fingerprint density at radius 1 is 2.00 bits per heavy atom. The molecule has 0 atom stereocenters. The molecule has 3 heteroatoms. The van der Waals surface area contributed by atoms with Crippen molar-refractivity contribution in [2.24, 2.45) is 0 Å². The molecule has 0 aromatic carbocycles. The predicted octanol–water partition coefficient (Wildman–Crippen LogP) is 0.944. The molecule has 0 amide bonds. The van der Waals surface area contributed by atoms with Crippen LogP contribution in [-0.2, 0) is 9.53 Å². The lowest BCUT2D eigenvalue weighted by atomic mass is 10.9. The van der Waals surface area contributed by atoms with E-state index in [1.54, 1.807) is 6.92 Å². The summed E-state index contributed by atoms with van der Waals surface area (Å²) in [5, 5.41) is 0.292. The highest BCUT2D eigenvalue weighted by molar-refractivity contribution is 9.09. The molecule has 0 unspecified atom stereocenters. The molecule has 0 aliphatic heterocycles. The lowest BCUT2D eigenvalue weighted by Gasteiger charge is -1.92. The highest BCUT2D eigenvalue weighted by Crippen LogP contribution is 1.82. The molecule has 0 saturated heterocycles. The second-order valence-corrected chi connectivity index (χ2v) is 1.50. The number of carbonyl (C=O) groups excluding carboxylic acids is 1. The Hall–Kier alpha value is -0.0500. The average Bonchev–Trinajstić information content (AvgIpc) is 1.68. The number of carbonyl (C=O) groups is 1. The molecule has 0 N–H and O–H groups in total. The number of hydrogen-bond acceptors (Lipinski definition) is 2. The summed E-state index contributed by atoms with van der Waals surface area (Å²) in [6.45, 7) is 2.24. The zero-order valence-electron chi connectivity index (χ0n) is 4.11. The van der Waals surface area contributed by atoms with Crippen LogP contribution in [0.25, 0.3) is 0 Å². The Balaban J connectivity index is 3.00. The third kappa shape index (κ3) is 3.79. The van der Waals surface area contributed by atoms with Crippen LogP contribution < -0.4 is 0 Å². The minimum absolute atomic E-state index is 0.206. The van der Waals surface area contributed by atoms with Crippen molar-refractivity contribution in [3.8, 4) is 0 Å². The maximum atomic E-state index is 10.1. The van der Waals surface area contributed by atoms with E-state index in [0.29, 0.717) is 11.9 Å². The van der Waals surface area contributed by atoms with E-state index in [4.69, 9.17) is 0 Å². The normalized spacial score (nSPS) is 8.29. The minimum Gasteiger partial charge on any atom is -0.465 e. The standard InChI is InChI=1S/C4H7BrO2/c1-2-7-4(6)3-5/h2-3H2,1H3/i3+2. The third-order valence-corrected chi connectivity index (χ3v) is 0.872. The Bertz CT molecular complexity index is 62.7. The van der Waals surface area contributed by atoms with Gasteiger partial charge in [-0.1, -0.05) is 15.9 Å². The van der Waals surface area contributed by atoms with E-state index in [1.165, 1.54) is 0 Å². The lowest BCUT2D eigenvalue weighted by molar-refractivity contribution is -0.139. The SMILES string of the molecule is CCOC(=O)[14CH2]Br. The van der Waals surface area contributed by atoms with E-state index in [9.17, 15) is 4.79 Å². The van der Waals surface area contributed by atoms with Crippen LogP contribution in [0.4, 0.5) is 0 Å². The second-order valence-electron chi connectivity index (χ2n) is 0.939. The topological polar surface area (TPSA) is 26.3 Å². The van der Waals surface area contributed by atoms with Crippen molar-refractivity contribution < 1.29 is 9.53 Å². The van der Waals surface area contributed by atoms with E-state index in [0.717, 1.165) is 0 Å². The molecule has 0 rings (SSSR count). The summed E-state index contributed by atoms with van der Waals surface area (Å²) >= 11 is 2.94. The molecule has 0 aromatic heterocycles. The van der Waals surface area contributed by atoms with Crippen molar-refractivity contribution in [1.29, 1.82) is 0 Å². The Kier molecular flexibility index (Phi) is 4.09. The lowest BCUT2D eigenvalue weighted by Crippen LogP contribution is -2.03. The summed E-state index contributed by atoms with van der Waals surface area (Å²) in [5.41, 5.74) is 0.